The van der Waals surface area contributed by atoms with Crippen LogP contribution in [0.4, 0.5) is 0 Å². The van der Waals surface area contributed by atoms with Crippen LogP contribution in [0.5, 0.6) is 5.75 Å². The van der Waals surface area contributed by atoms with E-state index >= 15 is 0 Å². The Balaban J connectivity index is 1.75. The number of hydrogen-bond donors (Lipinski definition) is 1. The minimum absolute atomic E-state index is 0.0881. The Morgan fingerprint density at radius 2 is 2.25 bits per heavy atom. The maximum atomic E-state index is 5.73. The third-order valence-electron chi connectivity index (χ3n) is 3.19. The second-order valence-corrected chi connectivity index (χ2v) is 5.48. The molecule has 3 rings (SSSR count). The van der Waals surface area contributed by atoms with Gasteiger partial charge in [0.05, 0.1) is 18.9 Å². The number of aromatic nitrogens is 1. The Labute approximate surface area is 122 Å². The first-order valence-corrected chi connectivity index (χ1v) is 7.76. The van der Waals surface area contributed by atoms with Crippen molar-refractivity contribution in [3.05, 3.63) is 34.7 Å². The van der Waals surface area contributed by atoms with Crippen molar-refractivity contribution in [3.8, 4) is 17.0 Å². The van der Waals surface area contributed by atoms with E-state index in [1.165, 1.54) is 0 Å². The fraction of sp³-hybridized carbons (Fsp3) is 0.400. The number of thiazole rings is 1. The lowest BCUT2D eigenvalue weighted by atomic mass is 10.2. The van der Waals surface area contributed by atoms with Crippen LogP contribution in [0.3, 0.4) is 0 Å². The number of rotatable bonds is 4. The molecule has 1 saturated heterocycles. The average molecular weight is 290 g/mol. The first kappa shape index (κ1) is 13.5. The maximum Gasteiger partial charge on any atom is 0.124 e. The van der Waals surface area contributed by atoms with E-state index in [9.17, 15) is 0 Å². The van der Waals surface area contributed by atoms with E-state index in [4.69, 9.17) is 14.5 Å². The lowest BCUT2D eigenvalue weighted by Crippen LogP contribution is -2.33. The van der Waals surface area contributed by atoms with Gasteiger partial charge in [0.15, 0.2) is 0 Å². The molecule has 1 atom stereocenters. The molecule has 20 heavy (non-hydrogen) atoms. The van der Waals surface area contributed by atoms with Gasteiger partial charge < -0.3 is 14.8 Å². The Hall–Kier alpha value is -1.43. The van der Waals surface area contributed by atoms with Crippen LogP contribution in [0, 0.1) is 0 Å². The molecule has 0 radical (unpaired) electrons. The summed E-state index contributed by atoms with van der Waals surface area (Å²) < 4.78 is 11.2. The van der Waals surface area contributed by atoms with Gasteiger partial charge in [-0.05, 0) is 31.2 Å². The molecule has 0 aliphatic carbocycles. The van der Waals surface area contributed by atoms with Gasteiger partial charge in [-0.3, -0.25) is 0 Å². The molecule has 1 aromatic heterocycles. The van der Waals surface area contributed by atoms with E-state index in [0.717, 1.165) is 41.7 Å². The number of nitrogens with zero attached hydrogens (tertiary/aromatic N) is 1. The summed E-state index contributed by atoms with van der Waals surface area (Å²) in [5, 5.41) is 6.46. The smallest absolute Gasteiger partial charge is 0.124 e. The molecule has 1 aromatic carbocycles. The zero-order valence-corrected chi connectivity index (χ0v) is 12.3. The highest BCUT2D eigenvalue weighted by atomic mass is 32.1. The molecule has 2 heterocycles. The Morgan fingerprint density at radius 3 is 2.95 bits per heavy atom. The fourth-order valence-corrected chi connectivity index (χ4v) is 3.06. The summed E-state index contributed by atoms with van der Waals surface area (Å²) in [6.07, 6.45) is 0.0881. The van der Waals surface area contributed by atoms with Crippen molar-refractivity contribution in [2.45, 2.75) is 13.0 Å². The zero-order chi connectivity index (χ0) is 13.8. The second-order valence-electron chi connectivity index (χ2n) is 4.59. The molecule has 1 N–H and O–H groups in total. The van der Waals surface area contributed by atoms with Crippen LogP contribution in [-0.4, -0.2) is 31.3 Å². The number of nitrogens with one attached hydrogen (secondary N) is 1. The van der Waals surface area contributed by atoms with Crippen LogP contribution in [0.15, 0.2) is 29.6 Å². The van der Waals surface area contributed by atoms with E-state index in [-0.39, 0.29) is 6.10 Å². The molecule has 1 fully saturated rings. The largest absolute Gasteiger partial charge is 0.494 e. The van der Waals surface area contributed by atoms with E-state index < -0.39 is 0 Å². The minimum Gasteiger partial charge on any atom is -0.494 e. The molecule has 0 saturated carbocycles. The maximum absolute atomic E-state index is 5.73. The number of hydrogen-bond acceptors (Lipinski definition) is 5. The predicted octanol–water partition coefficient (Wildman–Crippen LogP) is 2.87. The molecule has 4 nitrogen and oxygen atoms in total. The predicted molar refractivity (Wildman–Crippen MR) is 80.3 cm³/mol. The van der Waals surface area contributed by atoms with Gasteiger partial charge in [-0.1, -0.05) is 0 Å². The third kappa shape index (κ3) is 3.00. The lowest BCUT2D eigenvalue weighted by Gasteiger charge is -2.21. The number of ether oxygens (including phenoxy) is 2. The first-order valence-electron chi connectivity index (χ1n) is 6.88. The van der Waals surface area contributed by atoms with Gasteiger partial charge in [0, 0.05) is 24.0 Å². The Morgan fingerprint density at radius 1 is 1.40 bits per heavy atom. The highest BCUT2D eigenvalue weighted by Gasteiger charge is 2.19. The molecule has 1 aliphatic rings. The summed E-state index contributed by atoms with van der Waals surface area (Å²) in [4.78, 5) is 4.69. The monoisotopic (exact) mass is 290 g/mol. The summed E-state index contributed by atoms with van der Waals surface area (Å²) in [6.45, 7) is 5.19. The van der Waals surface area contributed by atoms with Crippen molar-refractivity contribution in [3.63, 3.8) is 0 Å². The molecule has 0 spiro atoms. The quantitative estimate of drug-likeness (QED) is 0.940. The summed E-state index contributed by atoms with van der Waals surface area (Å²) >= 11 is 1.66. The standard InChI is InChI=1S/C15H18N2O2S/c1-2-18-12-5-3-11(4-6-12)13-10-20-15(17-13)14-9-16-7-8-19-14/h3-6,10,14,16H,2,7-9H2,1H3. The average Bonchev–Trinajstić information content (AvgIpc) is 2.99. The van der Waals surface area contributed by atoms with Gasteiger partial charge in [-0.25, -0.2) is 4.98 Å². The lowest BCUT2D eigenvalue weighted by molar-refractivity contribution is 0.0276. The molecule has 5 heteroatoms. The number of morpholine rings is 1. The molecular weight excluding hydrogens is 272 g/mol. The molecule has 0 bridgehead atoms. The van der Waals surface area contributed by atoms with E-state index in [1.54, 1.807) is 11.3 Å². The van der Waals surface area contributed by atoms with Crippen LogP contribution in [0.25, 0.3) is 11.3 Å². The molecule has 0 amide bonds. The highest BCUT2D eigenvalue weighted by Crippen LogP contribution is 2.28. The Kier molecular flexibility index (Phi) is 4.30. The second kappa shape index (κ2) is 6.35. The first-order chi connectivity index (χ1) is 9.86. The van der Waals surface area contributed by atoms with Gasteiger partial charge in [-0.15, -0.1) is 11.3 Å². The van der Waals surface area contributed by atoms with Gasteiger partial charge in [0.25, 0.3) is 0 Å². The highest BCUT2D eigenvalue weighted by molar-refractivity contribution is 7.10. The van der Waals surface area contributed by atoms with Crippen molar-refractivity contribution in [2.75, 3.05) is 26.3 Å². The topological polar surface area (TPSA) is 43.4 Å². The molecular formula is C15H18N2O2S. The van der Waals surface area contributed by atoms with Crippen LogP contribution in [0.1, 0.15) is 18.0 Å². The van der Waals surface area contributed by atoms with Crippen molar-refractivity contribution in [1.82, 2.24) is 10.3 Å². The minimum atomic E-state index is 0.0881. The van der Waals surface area contributed by atoms with Gasteiger partial charge in [0.2, 0.25) is 0 Å². The Bertz CT molecular complexity index is 547. The van der Waals surface area contributed by atoms with Crippen LogP contribution in [-0.2, 0) is 4.74 Å². The third-order valence-corrected chi connectivity index (χ3v) is 4.12. The summed E-state index contributed by atoms with van der Waals surface area (Å²) in [6, 6.07) is 8.06. The molecule has 106 valence electrons. The van der Waals surface area contributed by atoms with E-state index in [2.05, 4.69) is 10.7 Å². The van der Waals surface area contributed by atoms with Crippen molar-refractivity contribution < 1.29 is 9.47 Å². The van der Waals surface area contributed by atoms with Crippen molar-refractivity contribution >= 4 is 11.3 Å². The normalized spacial score (nSPS) is 18.9. The number of benzene rings is 1. The van der Waals surface area contributed by atoms with Gasteiger partial charge in [0.1, 0.15) is 16.9 Å². The summed E-state index contributed by atoms with van der Waals surface area (Å²) in [5.41, 5.74) is 2.11. The molecule has 2 aromatic rings. The molecule has 1 unspecified atom stereocenters. The van der Waals surface area contributed by atoms with Crippen molar-refractivity contribution in [2.24, 2.45) is 0 Å². The van der Waals surface area contributed by atoms with Gasteiger partial charge >= 0.3 is 0 Å². The fourth-order valence-electron chi connectivity index (χ4n) is 2.18. The molecule has 1 aliphatic heterocycles. The van der Waals surface area contributed by atoms with E-state index in [0.29, 0.717) is 6.61 Å². The summed E-state index contributed by atoms with van der Waals surface area (Å²) in [5.74, 6) is 0.895. The van der Waals surface area contributed by atoms with Crippen LogP contribution < -0.4 is 10.1 Å². The van der Waals surface area contributed by atoms with Gasteiger partial charge in [-0.2, -0.15) is 0 Å². The SMILES string of the molecule is CCOc1ccc(-c2csc(C3CNCCO3)n2)cc1. The summed E-state index contributed by atoms with van der Waals surface area (Å²) in [7, 11) is 0. The zero-order valence-electron chi connectivity index (χ0n) is 11.5. The van der Waals surface area contributed by atoms with Crippen LogP contribution in [0.2, 0.25) is 0 Å². The van der Waals surface area contributed by atoms with Crippen molar-refractivity contribution in [1.29, 1.82) is 0 Å². The van der Waals surface area contributed by atoms with Crippen LogP contribution >= 0.6 is 11.3 Å². The van der Waals surface area contributed by atoms with E-state index in [1.807, 2.05) is 31.2 Å².